The molecule has 12 heteroatoms. The zero-order valence-electron chi connectivity index (χ0n) is 26.8. The fourth-order valence-corrected chi connectivity index (χ4v) is 5.95. The average molecular weight is 636 g/mol. The van der Waals surface area contributed by atoms with Crippen molar-refractivity contribution in [3.8, 4) is 17.2 Å². The van der Waals surface area contributed by atoms with Crippen LogP contribution in [0.25, 0.3) is 10.9 Å². The highest BCUT2D eigenvalue weighted by Crippen LogP contribution is 2.40. The number of nitrogens with one attached hydrogen (secondary N) is 1. The van der Waals surface area contributed by atoms with E-state index in [4.69, 9.17) is 24.4 Å². The Hall–Kier alpha value is -4.58. The van der Waals surface area contributed by atoms with E-state index in [0.717, 1.165) is 31.2 Å². The molecule has 1 aliphatic heterocycles. The van der Waals surface area contributed by atoms with Gasteiger partial charge in [-0.15, -0.1) is 5.10 Å². The van der Waals surface area contributed by atoms with Crippen LogP contribution < -0.4 is 25.1 Å². The third-order valence-corrected chi connectivity index (χ3v) is 8.34. The highest BCUT2D eigenvalue weighted by molar-refractivity contribution is 6.07. The number of nitrogens with zero attached hydrogens (tertiary/aromatic N) is 4. The van der Waals surface area contributed by atoms with Crippen molar-refractivity contribution >= 4 is 22.6 Å². The van der Waals surface area contributed by atoms with Crippen LogP contribution in [0.2, 0.25) is 0 Å². The minimum atomic E-state index is -0.470. The number of halogens is 1. The van der Waals surface area contributed by atoms with Crippen molar-refractivity contribution in [2.75, 3.05) is 45.8 Å². The van der Waals surface area contributed by atoms with E-state index in [0.29, 0.717) is 48.0 Å². The molecule has 2 N–H and O–H groups in total. The first-order valence-electron chi connectivity index (χ1n) is 15.7. The first-order valence-corrected chi connectivity index (χ1v) is 15.7. The van der Waals surface area contributed by atoms with Crippen LogP contribution in [0.3, 0.4) is 0 Å². The summed E-state index contributed by atoms with van der Waals surface area (Å²) in [6.45, 7) is 5.85. The van der Waals surface area contributed by atoms with Crippen LogP contribution in [0.15, 0.2) is 47.3 Å². The smallest absolute Gasteiger partial charge is 0.280 e. The maximum absolute atomic E-state index is 14.4. The molecule has 0 unspecified atom stereocenters. The van der Waals surface area contributed by atoms with Crippen molar-refractivity contribution in [3.05, 3.63) is 75.5 Å². The van der Waals surface area contributed by atoms with Crippen molar-refractivity contribution in [2.45, 2.75) is 58.7 Å². The van der Waals surface area contributed by atoms with E-state index in [1.54, 1.807) is 18.1 Å². The molecule has 5 rings (SSSR count). The lowest BCUT2D eigenvalue weighted by Crippen LogP contribution is -2.42. The fraction of sp³-hybridized carbons (Fsp3) is 0.441. The summed E-state index contributed by atoms with van der Waals surface area (Å²) >= 11 is 0. The Kier molecular flexibility index (Phi) is 10.5. The number of hydrogen-bond acceptors (Lipinski definition) is 8. The fourth-order valence-electron chi connectivity index (χ4n) is 5.95. The number of unbranched alkanes of at least 4 members (excludes halogenated alkanes) is 3. The summed E-state index contributed by atoms with van der Waals surface area (Å²) < 4.78 is 34.7. The molecule has 0 saturated carbocycles. The molecule has 2 aromatic heterocycles. The van der Waals surface area contributed by atoms with Crippen LogP contribution >= 0.6 is 0 Å². The normalized spacial score (nSPS) is 14.4. The quantitative estimate of drug-likeness (QED) is 0.176. The number of carbonyl (C=O) groups excluding carboxylic acids is 1. The molecule has 1 amide bonds. The number of carbonyl (C=O) groups is 1. The maximum atomic E-state index is 14.4. The zero-order valence-corrected chi connectivity index (χ0v) is 26.8. The molecular formula is C34H42FN5O6. The number of anilines is 1. The Morgan fingerprint density at radius 2 is 1.80 bits per heavy atom. The molecule has 0 fully saturated rings. The lowest BCUT2D eigenvalue weighted by Gasteiger charge is -2.32. The standard InChI is InChI=1S/C34H42FN5O6/c1-5-38-19-22(2)40-29-28(31(45-4)30(40)34(38)43)33(42)39(37-32(29)36-16-8-6-7-9-17-41)20-24-12-13-25(35)18-27(24)46-21-23-10-14-26(44-3)15-11-23/h10-15,18,22,41H,5-9,16-17,19-21H2,1-4H3,(H,36,37)/t22-/m0/s1. The van der Waals surface area contributed by atoms with Gasteiger partial charge in [0.1, 0.15) is 34.8 Å². The molecule has 0 aliphatic carbocycles. The maximum Gasteiger partial charge on any atom is 0.280 e. The molecule has 4 aromatic rings. The van der Waals surface area contributed by atoms with Crippen LogP contribution in [0, 0.1) is 5.82 Å². The Labute approximate surface area is 267 Å². The topological polar surface area (TPSA) is 120 Å². The van der Waals surface area contributed by atoms with E-state index in [2.05, 4.69) is 5.32 Å². The minimum absolute atomic E-state index is 0.00751. The molecule has 46 heavy (non-hydrogen) atoms. The molecule has 11 nitrogen and oxygen atoms in total. The first-order chi connectivity index (χ1) is 22.3. The van der Waals surface area contributed by atoms with Gasteiger partial charge in [0.05, 0.1) is 20.8 Å². The van der Waals surface area contributed by atoms with Crippen LogP contribution in [0.4, 0.5) is 10.2 Å². The highest BCUT2D eigenvalue weighted by Gasteiger charge is 2.37. The number of aliphatic hydroxyl groups excluding tert-OH is 1. The molecule has 0 spiro atoms. The van der Waals surface area contributed by atoms with Gasteiger partial charge in [0, 0.05) is 43.9 Å². The molecule has 246 valence electrons. The van der Waals surface area contributed by atoms with Crippen molar-refractivity contribution in [1.29, 1.82) is 0 Å². The zero-order chi connectivity index (χ0) is 32.8. The second-order valence-electron chi connectivity index (χ2n) is 11.4. The number of rotatable bonds is 15. The van der Waals surface area contributed by atoms with E-state index in [1.165, 1.54) is 23.9 Å². The summed E-state index contributed by atoms with van der Waals surface area (Å²) in [5, 5.41) is 17.6. The molecular weight excluding hydrogens is 593 g/mol. The predicted molar refractivity (Wildman–Crippen MR) is 174 cm³/mol. The van der Waals surface area contributed by atoms with Gasteiger partial charge in [-0.1, -0.05) is 31.0 Å². The minimum Gasteiger partial charge on any atom is -0.497 e. The number of amides is 1. The van der Waals surface area contributed by atoms with Crippen molar-refractivity contribution in [2.24, 2.45) is 0 Å². The van der Waals surface area contributed by atoms with Gasteiger partial charge < -0.3 is 34.1 Å². The van der Waals surface area contributed by atoms with E-state index >= 15 is 0 Å². The summed E-state index contributed by atoms with van der Waals surface area (Å²) in [6.07, 6.45) is 3.38. The van der Waals surface area contributed by atoms with Gasteiger partial charge in [-0.2, -0.15) is 0 Å². The van der Waals surface area contributed by atoms with E-state index in [1.807, 2.05) is 42.7 Å². The molecule has 3 heterocycles. The monoisotopic (exact) mass is 635 g/mol. The third-order valence-electron chi connectivity index (χ3n) is 8.34. The Bertz CT molecular complexity index is 1740. The van der Waals surface area contributed by atoms with E-state index in [9.17, 15) is 14.0 Å². The van der Waals surface area contributed by atoms with E-state index in [-0.39, 0.29) is 48.6 Å². The van der Waals surface area contributed by atoms with Crippen molar-refractivity contribution < 1.29 is 28.5 Å². The highest BCUT2D eigenvalue weighted by atomic mass is 19.1. The number of aliphatic hydroxyl groups is 1. The summed E-state index contributed by atoms with van der Waals surface area (Å²) in [5.74, 6) is 0.992. The lowest BCUT2D eigenvalue weighted by atomic mass is 10.2. The lowest BCUT2D eigenvalue weighted by molar-refractivity contribution is 0.0685. The van der Waals surface area contributed by atoms with Crippen LogP contribution in [0.5, 0.6) is 17.2 Å². The number of hydrogen-bond donors (Lipinski definition) is 2. The van der Waals surface area contributed by atoms with Crippen LogP contribution in [0.1, 0.15) is 67.2 Å². The Morgan fingerprint density at radius 1 is 1.04 bits per heavy atom. The van der Waals surface area contributed by atoms with Gasteiger partial charge in [0.15, 0.2) is 17.3 Å². The molecule has 0 bridgehead atoms. The average Bonchev–Trinajstić information content (AvgIpc) is 3.43. The van der Waals surface area contributed by atoms with Gasteiger partial charge in [0.2, 0.25) is 0 Å². The van der Waals surface area contributed by atoms with Crippen LogP contribution in [-0.4, -0.2) is 70.7 Å². The summed E-state index contributed by atoms with van der Waals surface area (Å²) in [4.78, 5) is 29.6. The second kappa shape index (κ2) is 14.7. The Balaban J connectivity index is 1.56. The van der Waals surface area contributed by atoms with Gasteiger partial charge >= 0.3 is 0 Å². The number of aromatic nitrogens is 3. The SMILES string of the molecule is CCN1C[C@H](C)n2c(c(OC)c3c(=O)n(Cc4ccc(F)cc4OCc4ccc(OC)cc4)nc(NCCCCCCO)c32)C1=O. The molecule has 2 aromatic carbocycles. The van der Waals surface area contributed by atoms with Gasteiger partial charge in [0.25, 0.3) is 11.5 Å². The summed E-state index contributed by atoms with van der Waals surface area (Å²) in [6, 6.07) is 11.4. The van der Waals surface area contributed by atoms with Gasteiger partial charge in [-0.05, 0) is 50.5 Å². The molecule has 1 atom stereocenters. The number of likely N-dealkylation sites (N-methyl/N-ethyl adjacent to an activating group) is 1. The largest absolute Gasteiger partial charge is 0.497 e. The number of methoxy groups -OCH3 is 2. The summed E-state index contributed by atoms with van der Waals surface area (Å²) in [5.41, 5.74) is 1.84. The van der Waals surface area contributed by atoms with Gasteiger partial charge in [-0.3, -0.25) is 9.59 Å². The number of ether oxygens (including phenoxy) is 3. The number of fused-ring (bicyclic) bond motifs is 3. The molecule has 0 saturated heterocycles. The first kappa shape index (κ1) is 32.8. The third kappa shape index (κ3) is 6.67. The number of benzene rings is 2. The van der Waals surface area contributed by atoms with Crippen molar-refractivity contribution in [3.63, 3.8) is 0 Å². The molecule has 1 aliphatic rings. The Morgan fingerprint density at radius 3 is 2.50 bits per heavy atom. The van der Waals surface area contributed by atoms with Crippen molar-refractivity contribution in [1.82, 2.24) is 19.2 Å². The van der Waals surface area contributed by atoms with Gasteiger partial charge in [-0.25, -0.2) is 9.07 Å². The molecule has 0 radical (unpaired) electrons. The predicted octanol–water partition coefficient (Wildman–Crippen LogP) is 4.98. The second-order valence-corrected chi connectivity index (χ2v) is 11.4. The van der Waals surface area contributed by atoms with E-state index < -0.39 is 11.4 Å². The summed E-state index contributed by atoms with van der Waals surface area (Å²) in [7, 11) is 3.05. The van der Waals surface area contributed by atoms with Crippen LogP contribution in [-0.2, 0) is 13.2 Å².